The second kappa shape index (κ2) is 8.05. The summed E-state index contributed by atoms with van der Waals surface area (Å²) in [4.78, 5) is 15.8. The number of aromatic amines is 1. The van der Waals surface area contributed by atoms with Crippen molar-refractivity contribution in [3.63, 3.8) is 0 Å². The third-order valence-electron chi connectivity index (χ3n) is 2.66. The van der Waals surface area contributed by atoms with Crippen LogP contribution in [0.15, 0.2) is 29.4 Å². The second-order valence-corrected chi connectivity index (χ2v) is 5.72. The minimum Gasteiger partial charge on any atom is -0.465 e. The van der Waals surface area contributed by atoms with E-state index in [-0.39, 0.29) is 11.7 Å². The van der Waals surface area contributed by atoms with Gasteiger partial charge >= 0.3 is 5.97 Å². The van der Waals surface area contributed by atoms with Crippen LogP contribution in [0, 0.1) is 0 Å². The molecular formula is C14H16ClN3O2S. The van der Waals surface area contributed by atoms with E-state index in [0.717, 1.165) is 18.4 Å². The predicted octanol–water partition coefficient (Wildman–Crippen LogP) is 3.56. The predicted molar refractivity (Wildman–Crippen MR) is 83.4 cm³/mol. The van der Waals surface area contributed by atoms with Gasteiger partial charge in [0.05, 0.1) is 12.4 Å². The quantitative estimate of drug-likeness (QED) is 0.479. The van der Waals surface area contributed by atoms with Crippen molar-refractivity contribution in [2.75, 3.05) is 12.4 Å². The van der Waals surface area contributed by atoms with Crippen molar-refractivity contribution in [2.24, 2.45) is 0 Å². The van der Waals surface area contributed by atoms with E-state index in [0.29, 0.717) is 22.6 Å². The molecule has 0 bridgehead atoms. The molecule has 0 saturated carbocycles. The van der Waals surface area contributed by atoms with Gasteiger partial charge in [0.25, 0.3) is 0 Å². The molecule has 0 aliphatic carbocycles. The van der Waals surface area contributed by atoms with E-state index >= 15 is 0 Å². The first-order valence-corrected chi connectivity index (χ1v) is 8.02. The van der Waals surface area contributed by atoms with Gasteiger partial charge in [0.15, 0.2) is 5.82 Å². The molecule has 1 aromatic heterocycles. The molecule has 0 saturated heterocycles. The van der Waals surface area contributed by atoms with Crippen LogP contribution in [0.2, 0.25) is 5.02 Å². The van der Waals surface area contributed by atoms with Crippen molar-refractivity contribution < 1.29 is 9.53 Å². The largest absolute Gasteiger partial charge is 0.465 e. The monoisotopic (exact) mass is 325 g/mol. The highest BCUT2D eigenvalue weighted by atomic mass is 35.5. The Hall–Kier alpha value is -1.53. The maximum absolute atomic E-state index is 11.5. The fourth-order valence-electron chi connectivity index (χ4n) is 1.54. The summed E-state index contributed by atoms with van der Waals surface area (Å²) in [6.45, 7) is 2.52. The number of nitrogens with zero attached hydrogens (tertiary/aromatic N) is 2. The molecule has 1 N–H and O–H groups in total. The van der Waals surface area contributed by atoms with E-state index in [1.54, 1.807) is 12.1 Å². The molecular weight excluding hydrogens is 310 g/mol. The summed E-state index contributed by atoms with van der Waals surface area (Å²) < 4.78 is 5.07. The number of carbonyl (C=O) groups is 1. The van der Waals surface area contributed by atoms with E-state index in [9.17, 15) is 4.79 Å². The summed E-state index contributed by atoms with van der Waals surface area (Å²) in [7, 11) is 0. The third-order valence-corrected chi connectivity index (χ3v) is 3.74. The van der Waals surface area contributed by atoms with Crippen LogP contribution in [-0.4, -0.2) is 33.5 Å². The van der Waals surface area contributed by atoms with Gasteiger partial charge < -0.3 is 4.74 Å². The lowest BCUT2D eigenvalue weighted by molar-refractivity contribution is -0.140. The number of aromatic nitrogens is 3. The molecule has 0 aliphatic rings. The number of nitrogens with one attached hydrogen (secondary N) is 1. The lowest BCUT2D eigenvalue weighted by atomic mass is 10.2. The van der Waals surface area contributed by atoms with Crippen LogP contribution >= 0.6 is 23.4 Å². The highest BCUT2D eigenvalue weighted by Gasteiger charge is 2.09. The first-order valence-electron chi connectivity index (χ1n) is 6.66. The van der Waals surface area contributed by atoms with Crippen LogP contribution in [0.3, 0.4) is 0 Å². The second-order valence-electron chi connectivity index (χ2n) is 4.34. The number of benzene rings is 1. The minimum atomic E-state index is -0.244. The average molecular weight is 326 g/mol. The van der Waals surface area contributed by atoms with Gasteiger partial charge in [0.2, 0.25) is 5.16 Å². The highest BCUT2D eigenvalue weighted by molar-refractivity contribution is 7.99. The highest BCUT2D eigenvalue weighted by Crippen LogP contribution is 2.20. The SMILES string of the molecule is CCCCOC(=O)CSc1n[nH]c(-c2ccc(Cl)cc2)n1. The maximum Gasteiger partial charge on any atom is 0.316 e. The van der Waals surface area contributed by atoms with E-state index in [1.165, 1.54) is 11.8 Å². The van der Waals surface area contributed by atoms with E-state index in [4.69, 9.17) is 16.3 Å². The Balaban J connectivity index is 1.86. The summed E-state index contributed by atoms with van der Waals surface area (Å²) in [5.41, 5.74) is 0.893. The number of halogens is 1. The van der Waals surface area contributed by atoms with Gasteiger partial charge in [0.1, 0.15) is 0 Å². The molecule has 0 radical (unpaired) electrons. The van der Waals surface area contributed by atoms with Gasteiger partial charge in [-0.1, -0.05) is 36.7 Å². The molecule has 0 unspecified atom stereocenters. The normalized spacial score (nSPS) is 10.6. The average Bonchev–Trinajstić information content (AvgIpc) is 2.95. The zero-order valence-electron chi connectivity index (χ0n) is 11.6. The molecule has 7 heteroatoms. The number of ether oxygens (including phenoxy) is 1. The first-order chi connectivity index (χ1) is 10.2. The van der Waals surface area contributed by atoms with E-state index in [1.807, 2.05) is 12.1 Å². The van der Waals surface area contributed by atoms with Crippen molar-refractivity contribution in [3.05, 3.63) is 29.3 Å². The molecule has 0 amide bonds. The minimum absolute atomic E-state index is 0.210. The smallest absolute Gasteiger partial charge is 0.316 e. The summed E-state index contributed by atoms with van der Waals surface area (Å²) in [6.07, 6.45) is 1.89. The first kappa shape index (κ1) is 15.9. The summed E-state index contributed by atoms with van der Waals surface area (Å²) in [6, 6.07) is 7.29. The van der Waals surface area contributed by atoms with Crippen molar-refractivity contribution in [1.29, 1.82) is 0 Å². The Kier molecular flexibility index (Phi) is 6.07. The maximum atomic E-state index is 11.5. The molecule has 0 fully saturated rings. The molecule has 0 aliphatic heterocycles. The number of esters is 1. The Morgan fingerprint density at radius 1 is 1.38 bits per heavy atom. The molecule has 2 rings (SSSR count). The van der Waals surface area contributed by atoms with Crippen molar-refractivity contribution in [1.82, 2.24) is 15.2 Å². The van der Waals surface area contributed by atoms with Crippen LogP contribution in [-0.2, 0) is 9.53 Å². The molecule has 112 valence electrons. The summed E-state index contributed by atoms with van der Waals surface area (Å²) >= 11 is 7.09. The Labute approximate surface area is 132 Å². The Bertz CT molecular complexity index is 586. The number of thioether (sulfide) groups is 1. The van der Waals surface area contributed by atoms with Gasteiger partial charge in [0, 0.05) is 10.6 Å². The Morgan fingerprint density at radius 2 is 2.14 bits per heavy atom. The van der Waals surface area contributed by atoms with Crippen molar-refractivity contribution >= 4 is 29.3 Å². The summed E-state index contributed by atoms with van der Waals surface area (Å²) in [5.74, 6) is 0.613. The number of H-pyrrole nitrogens is 1. The molecule has 5 nitrogen and oxygen atoms in total. The van der Waals surface area contributed by atoms with Gasteiger partial charge in [-0.05, 0) is 30.7 Å². The van der Waals surface area contributed by atoms with Gasteiger partial charge in [-0.3, -0.25) is 9.89 Å². The van der Waals surface area contributed by atoms with Crippen LogP contribution < -0.4 is 0 Å². The zero-order valence-corrected chi connectivity index (χ0v) is 13.2. The fourth-order valence-corrected chi connectivity index (χ4v) is 2.27. The number of carbonyl (C=O) groups excluding carboxylic acids is 1. The molecule has 0 atom stereocenters. The van der Waals surface area contributed by atoms with Crippen LogP contribution in [0.5, 0.6) is 0 Å². The third kappa shape index (κ3) is 5.06. The van der Waals surface area contributed by atoms with Gasteiger partial charge in [-0.25, -0.2) is 4.98 Å². The van der Waals surface area contributed by atoms with E-state index in [2.05, 4.69) is 22.1 Å². The van der Waals surface area contributed by atoms with Crippen LogP contribution in [0.4, 0.5) is 0 Å². The zero-order chi connectivity index (χ0) is 15.1. The lowest BCUT2D eigenvalue weighted by Crippen LogP contribution is -2.08. The Morgan fingerprint density at radius 3 is 2.86 bits per heavy atom. The lowest BCUT2D eigenvalue weighted by Gasteiger charge is -2.01. The number of hydrogen-bond donors (Lipinski definition) is 1. The van der Waals surface area contributed by atoms with Gasteiger partial charge in [-0.15, -0.1) is 5.10 Å². The van der Waals surface area contributed by atoms with Crippen molar-refractivity contribution in [3.8, 4) is 11.4 Å². The number of rotatable bonds is 7. The summed E-state index contributed by atoms with van der Waals surface area (Å²) in [5, 5.41) is 8.10. The van der Waals surface area contributed by atoms with Crippen LogP contribution in [0.25, 0.3) is 11.4 Å². The number of unbranched alkanes of at least 4 members (excludes halogenated alkanes) is 1. The molecule has 0 spiro atoms. The van der Waals surface area contributed by atoms with Gasteiger partial charge in [-0.2, -0.15) is 0 Å². The topological polar surface area (TPSA) is 67.9 Å². The molecule has 1 heterocycles. The number of hydrogen-bond acceptors (Lipinski definition) is 5. The molecule has 1 aromatic carbocycles. The fraction of sp³-hybridized carbons (Fsp3) is 0.357. The standard InChI is InChI=1S/C14H16ClN3O2S/c1-2-3-8-20-12(19)9-21-14-16-13(17-18-14)10-4-6-11(15)7-5-10/h4-7H,2-3,8-9H2,1H3,(H,16,17,18). The molecule has 21 heavy (non-hydrogen) atoms. The molecule has 2 aromatic rings. The van der Waals surface area contributed by atoms with Crippen molar-refractivity contribution in [2.45, 2.75) is 24.9 Å². The van der Waals surface area contributed by atoms with Crippen LogP contribution in [0.1, 0.15) is 19.8 Å². The van der Waals surface area contributed by atoms with E-state index < -0.39 is 0 Å².